The number of aliphatic hydroxyl groups excluding tert-OH is 1. The van der Waals surface area contributed by atoms with Crippen molar-refractivity contribution in [1.82, 2.24) is 0 Å². The second kappa shape index (κ2) is 4.06. The average Bonchev–Trinajstić information content (AvgIpc) is 1.87. The number of carbonyl (C=O) groups excluding carboxylic acids is 1. The first kappa shape index (κ1) is 9.17. The first-order valence-corrected chi connectivity index (χ1v) is 3.17. The van der Waals surface area contributed by atoms with Gasteiger partial charge in [-0.25, -0.2) is 0 Å². The third-order valence-corrected chi connectivity index (χ3v) is 1.21. The van der Waals surface area contributed by atoms with Crippen LogP contribution >= 0.6 is 0 Å². The van der Waals surface area contributed by atoms with Gasteiger partial charge in [0.2, 0.25) is 5.91 Å². The van der Waals surface area contributed by atoms with Crippen LogP contribution in [0.4, 0.5) is 0 Å². The van der Waals surface area contributed by atoms with Crippen LogP contribution < -0.4 is 5.73 Å². The Labute approximate surface area is 60.5 Å². The summed E-state index contributed by atoms with van der Waals surface area (Å²) in [7, 11) is 0. The van der Waals surface area contributed by atoms with E-state index in [0.29, 0.717) is 5.57 Å². The topological polar surface area (TPSA) is 63.3 Å². The van der Waals surface area contributed by atoms with E-state index in [1.165, 1.54) is 0 Å². The van der Waals surface area contributed by atoms with E-state index in [4.69, 9.17) is 10.8 Å². The monoisotopic (exact) mass is 143 g/mol. The van der Waals surface area contributed by atoms with Gasteiger partial charge in [0.25, 0.3) is 0 Å². The molecule has 3 nitrogen and oxygen atoms in total. The lowest BCUT2D eigenvalue weighted by Crippen LogP contribution is -2.13. The zero-order chi connectivity index (χ0) is 8.15. The van der Waals surface area contributed by atoms with E-state index in [-0.39, 0.29) is 12.5 Å². The van der Waals surface area contributed by atoms with Gasteiger partial charge in [-0.05, 0) is 12.8 Å². The molecule has 0 heterocycles. The Bertz CT molecular complexity index is 152. The summed E-state index contributed by atoms with van der Waals surface area (Å²) in [6.07, 6.45) is 1.66. The Kier molecular flexibility index (Phi) is 3.72. The lowest BCUT2D eigenvalue weighted by Gasteiger charge is -2.00. The molecule has 0 aliphatic heterocycles. The van der Waals surface area contributed by atoms with Crippen molar-refractivity contribution in [2.45, 2.75) is 13.8 Å². The molecule has 3 heteroatoms. The number of aliphatic hydroxyl groups is 1. The molecule has 1 amide bonds. The molecule has 0 saturated carbocycles. The normalized spacial score (nSPS) is 14.9. The minimum absolute atomic E-state index is 0.00694. The van der Waals surface area contributed by atoms with Crippen molar-refractivity contribution in [2.24, 2.45) is 11.7 Å². The zero-order valence-corrected chi connectivity index (χ0v) is 6.29. The Morgan fingerprint density at radius 2 is 2.30 bits per heavy atom. The van der Waals surface area contributed by atoms with Crippen molar-refractivity contribution < 1.29 is 9.90 Å². The van der Waals surface area contributed by atoms with Gasteiger partial charge < -0.3 is 10.8 Å². The maximum atomic E-state index is 10.4. The van der Waals surface area contributed by atoms with E-state index in [1.807, 2.05) is 6.92 Å². The highest BCUT2D eigenvalue weighted by atomic mass is 16.3. The molecule has 1 unspecified atom stereocenters. The fourth-order valence-corrected chi connectivity index (χ4v) is 0.562. The predicted molar refractivity (Wildman–Crippen MR) is 39.2 cm³/mol. The van der Waals surface area contributed by atoms with Crippen LogP contribution in [0.5, 0.6) is 0 Å². The molecule has 0 bridgehead atoms. The quantitative estimate of drug-likeness (QED) is 0.548. The van der Waals surface area contributed by atoms with E-state index < -0.39 is 5.91 Å². The van der Waals surface area contributed by atoms with Crippen LogP contribution in [-0.2, 0) is 4.79 Å². The Morgan fingerprint density at radius 3 is 2.60 bits per heavy atom. The predicted octanol–water partition coefficient (Wildman–Crippen LogP) is 0.0464. The van der Waals surface area contributed by atoms with Crippen molar-refractivity contribution in [1.29, 1.82) is 0 Å². The summed E-state index contributed by atoms with van der Waals surface area (Å²) in [6, 6.07) is 0. The van der Waals surface area contributed by atoms with Crippen LogP contribution in [0.15, 0.2) is 11.6 Å². The van der Waals surface area contributed by atoms with Crippen molar-refractivity contribution in [3.63, 3.8) is 0 Å². The number of hydrogen-bond acceptors (Lipinski definition) is 2. The van der Waals surface area contributed by atoms with Gasteiger partial charge in [-0.3, -0.25) is 4.79 Å². The molecule has 0 fully saturated rings. The molecule has 0 saturated heterocycles. The van der Waals surface area contributed by atoms with E-state index in [9.17, 15) is 4.79 Å². The molecular formula is C7H13NO2. The molecule has 3 N–H and O–H groups in total. The maximum absolute atomic E-state index is 10.4. The van der Waals surface area contributed by atoms with Gasteiger partial charge in [0.1, 0.15) is 0 Å². The molecular weight excluding hydrogens is 130 g/mol. The van der Waals surface area contributed by atoms with Gasteiger partial charge in [0.05, 0.1) is 0 Å². The number of carbonyl (C=O) groups is 1. The second-order valence-corrected chi connectivity index (χ2v) is 2.37. The Hall–Kier alpha value is -0.830. The van der Waals surface area contributed by atoms with Gasteiger partial charge >= 0.3 is 0 Å². The van der Waals surface area contributed by atoms with Crippen LogP contribution in [-0.4, -0.2) is 17.6 Å². The fourth-order valence-electron chi connectivity index (χ4n) is 0.562. The zero-order valence-electron chi connectivity index (χ0n) is 6.29. The summed E-state index contributed by atoms with van der Waals surface area (Å²) in [6.45, 7) is 3.49. The van der Waals surface area contributed by atoms with Gasteiger partial charge in [-0.1, -0.05) is 13.0 Å². The third-order valence-electron chi connectivity index (χ3n) is 1.21. The SMILES string of the molecule is C/C(=C/C(C)CO)C(N)=O. The minimum atomic E-state index is -0.430. The highest BCUT2D eigenvalue weighted by Crippen LogP contribution is 2.00. The highest BCUT2D eigenvalue weighted by molar-refractivity contribution is 5.91. The minimum Gasteiger partial charge on any atom is -0.396 e. The number of rotatable bonds is 3. The molecule has 0 aromatic carbocycles. The number of hydrogen-bond donors (Lipinski definition) is 2. The molecule has 0 aromatic rings. The first-order chi connectivity index (χ1) is 4.57. The van der Waals surface area contributed by atoms with E-state index in [1.54, 1.807) is 13.0 Å². The van der Waals surface area contributed by atoms with E-state index in [0.717, 1.165) is 0 Å². The molecule has 0 aliphatic carbocycles. The van der Waals surface area contributed by atoms with Crippen LogP contribution in [0.1, 0.15) is 13.8 Å². The molecule has 0 rings (SSSR count). The lowest BCUT2D eigenvalue weighted by atomic mass is 10.1. The summed E-state index contributed by atoms with van der Waals surface area (Å²) in [4.78, 5) is 10.4. The fraction of sp³-hybridized carbons (Fsp3) is 0.571. The van der Waals surface area contributed by atoms with Crippen molar-refractivity contribution in [3.05, 3.63) is 11.6 Å². The van der Waals surface area contributed by atoms with Gasteiger partial charge in [0.15, 0.2) is 0 Å². The van der Waals surface area contributed by atoms with Crippen LogP contribution in [0.3, 0.4) is 0 Å². The van der Waals surface area contributed by atoms with E-state index >= 15 is 0 Å². The molecule has 0 spiro atoms. The lowest BCUT2D eigenvalue weighted by molar-refractivity contribution is -0.114. The van der Waals surface area contributed by atoms with Crippen LogP contribution in [0.25, 0.3) is 0 Å². The third kappa shape index (κ3) is 3.25. The highest BCUT2D eigenvalue weighted by Gasteiger charge is 1.99. The molecule has 0 radical (unpaired) electrons. The van der Waals surface area contributed by atoms with Crippen LogP contribution in [0, 0.1) is 5.92 Å². The van der Waals surface area contributed by atoms with Crippen molar-refractivity contribution in [2.75, 3.05) is 6.61 Å². The van der Waals surface area contributed by atoms with Gasteiger partial charge in [0, 0.05) is 12.2 Å². The summed E-state index contributed by atoms with van der Waals surface area (Å²) in [5.41, 5.74) is 5.45. The summed E-state index contributed by atoms with van der Waals surface area (Å²) in [5.74, 6) is -0.423. The standard InChI is InChI=1S/C7H13NO2/c1-5(4-9)3-6(2)7(8)10/h3,5,9H,4H2,1-2H3,(H2,8,10)/b6-3-. The summed E-state index contributed by atoms with van der Waals surface area (Å²) >= 11 is 0. The molecule has 58 valence electrons. The summed E-state index contributed by atoms with van der Waals surface area (Å²) < 4.78 is 0. The molecule has 0 aromatic heterocycles. The van der Waals surface area contributed by atoms with E-state index in [2.05, 4.69) is 0 Å². The Morgan fingerprint density at radius 1 is 1.80 bits per heavy atom. The molecule has 1 atom stereocenters. The smallest absolute Gasteiger partial charge is 0.244 e. The molecule has 0 aliphatic rings. The van der Waals surface area contributed by atoms with Crippen LogP contribution in [0.2, 0.25) is 0 Å². The second-order valence-electron chi connectivity index (χ2n) is 2.37. The van der Waals surface area contributed by atoms with Crippen molar-refractivity contribution in [3.8, 4) is 0 Å². The molecule has 10 heavy (non-hydrogen) atoms. The first-order valence-electron chi connectivity index (χ1n) is 3.17. The summed E-state index contributed by atoms with van der Waals surface area (Å²) in [5, 5.41) is 8.57. The Balaban J connectivity index is 4.02. The average molecular weight is 143 g/mol. The van der Waals surface area contributed by atoms with Gasteiger partial charge in [-0.2, -0.15) is 0 Å². The number of amides is 1. The number of nitrogens with two attached hydrogens (primary N) is 1. The van der Waals surface area contributed by atoms with Gasteiger partial charge in [-0.15, -0.1) is 0 Å². The maximum Gasteiger partial charge on any atom is 0.244 e. The number of primary amides is 1. The van der Waals surface area contributed by atoms with Crippen molar-refractivity contribution >= 4 is 5.91 Å². The largest absolute Gasteiger partial charge is 0.396 e.